The van der Waals surface area contributed by atoms with Crippen LogP contribution in [0.5, 0.6) is 5.75 Å². The van der Waals surface area contributed by atoms with Crippen LogP contribution in [0.15, 0.2) is 30.3 Å². The highest BCUT2D eigenvalue weighted by atomic mass is 32.1. The Morgan fingerprint density at radius 2 is 1.90 bits per heavy atom. The molecule has 1 N–H and O–H groups in total. The quantitative estimate of drug-likeness (QED) is 0.777. The van der Waals surface area contributed by atoms with E-state index in [1.807, 2.05) is 6.07 Å². The van der Waals surface area contributed by atoms with Crippen molar-refractivity contribution < 1.29 is 13.5 Å². The lowest BCUT2D eigenvalue weighted by Crippen LogP contribution is -2.12. The summed E-state index contributed by atoms with van der Waals surface area (Å²) >= 11 is 1.65. The molecule has 1 aromatic carbocycles. The van der Waals surface area contributed by atoms with Crippen molar-refractivity contribution in [3.05, 3.63) is 51.7 Å². The summed E-state index contributed by atoms with van der Waals surface area (Å²) < 4.78 is 31.2. The summed E-state index contributed by atoms with van der Waals surface area (Å²) in [7, 11) is 0. The van der Waals surface area contributed by atoms with Crippen molar-refractivity contribution in [3.8, 4) is 5.75 Å². The lowest BCUT2D eigenvalue weighted by Gasteiger charge is -2.04. The van der Waals surface area contributed by atoms with Crippen LogP contribution in [0, 0.1) is 11.6 Å². The van der Waals surface area contributed by atoms with E-state index in [0.717, 1.165) is 36.5 Å². The Kier molecular flexibility index (Phi) is 5.49. The van der Waals surface area contributed by atoms with E-state index in [9.17, 15) is 8.78 Å². The van der Waals surface area contributed by atoms with Crippen LogP contribution < -0.4 is 10.1 Å². The van der Waals surface area contributed by atoms with E-state index in [-0.39, 0.29) is 0 Å². The minimum Gasteiger partial charge on any atom is -0.488 e. The third kappa shape index (κ3) is 4.28. The summed E-state index contributed by atoms with van der Waals surface area (Å²) in [6.45, 7) is 4.34. The molecule has 1 aromatic heterocycles. The fourth-order valence-electron chi connectivity index (χ4n) is 1.70. The molecular weight excluding hydrogens is 280 g/mol. The Morgan fingerprint density at radius 3 is 2.65 bits per heavy atom. The second-order valence-corrected chi connectivity index (χ2v) is 5.66. The average molecular weight is 297 g/mol. The predicted octanol–water partition coefficient (Wildman–Crippen LogP) is 4.10. The van der Waals surface area contributed by atoms with Crippen LogP contribution in [0.3, 0.4) is 0 Å². The molecule has 2 aromatic rings. The van der Waals surface area contributed by atoms with E-state index in [0.29, 0.717) is 12.4 Å². The molecule has 5 heteroatoms. The second-order valence-electron chi connectivity index (χ2n) is 4.41. The molecule has 1 heterocycles. The van der Waals surface area contributed by atoms with Crippen LogP contribution in [0.1, 0.15) is 23.1 Å². The van der Waals surface area contributed by atoms with Crippen molar-refractivity contribution in [1.29, 1.82) is 0 Å². The SMILES string of the molecule is CCCNCc1ccc(COc2ccc(F)c(F)c2)s1. The van der Waals surface area contributed by atoms with E-state index >= 15 is 0 Å². The molecule has 0 amide bonds. The van der Waals surface area contributed by atoms with Crippen LogP contribution >= 0.6 is 11.3 Å². The van der Waals surface area contributed by atoms with Gasteiger partial charge in [-0.1, -0.05) is 6.92 Å². The first-order valence-electron chi connectivity index (χ1n) is 6.55. The van der Waals surface area contributed by atoms with Gasteiger partial charge in [0.25, 0.3) is 0 Å². The van der Waals surface area contributed by atoms with E-state index in [1.54, 1.807) is 11.3 Å². The standard InChI is InChI=1S/C15H17F2NOS/c1-2-7-18-9-12-4-5-13(20-12)10-19-11-3-6-14(16)15(17)8-11/h3-6,8,18H,2,7,9-10H2,1H3. The number of rotatable bonds is 7. The van der Waals surface area contributed by atoms with Crippen LogP contribution in [-0.4, -0.2) is 6.54 Å². The summed E-state index contributed by atoms with van der Waals surface area (Å²) in [5.74, 6) is -1.42. The molecule has 2 rings (SSSR count). The molecule has 0 fully saturated rings. The molecular formula is C15H17F2NOS. The van der Waals surface area contributed by atoms with Crippen LogP contribution in [0.2, 0.25) is 0 Å². The highest BCUT2D eigenvalue weighted by molar-refractivity contribution is 7.11. The maximum atomic E-state index is 13.0. The second kappa shape index (κ2) is 7.36. The van der Waals surface area contributed by atoms with Crippen molar-refractivity contribution in [2.24, 2.45) is 0 Å². The molecule has 0 bridgehead atoms. The molecule has 0 saturated heterocycles. The zero-order valence-corrected chi connectivity index (χ0v) is 12.1. The number of hydrogen-bond donors (Lipinski definition) is 1. The number of nitrogens with one attached hydrogen (secondary N) is 1. The molecule has 0 aliphatic heterocycles. The van der Waals surface area contributed by atoms with Crippen LogP contribution in [-0.2, 0) is 13.2 Å². The van der Waals surface area contributed by atoms with Gasteiger partial charge in [0.15, 0.2) is 11.6 Å². The monoisotopic (exact) mass is 297 g/mol. The average Bonchev–Trinajstić information content (AvgIpc) is 2.88. The van der Waals surface area contributed by atoms with Gasteiger partial charge in [0.2, 0.25) is 0 Å². The van der Waals surface area contributed by atoms with Crippen LogP contribution in [0.25, 0.3) is 0 Å². The smallest absolute Gasteiger partial charge is 0.162 e. The molecule has 0 aliphatic rings. The number of halogens is 2. The minimum atomic E-state index is -0.891. The van der Waals surface area contributed by atoms with Gasteiger partial charge in [-0.25, -0.2) is 8.78 Å². The molecule has 2 nitrogen and oxygen atoms in total. The number of thiophene rings is 1. The lowest BCUT2D eigenvalue weighted by atomic mass is 10.3. The molecule has 108 valence electrons. The number of hydrogen-bond acceptors (Lipinski definition) is 3. The molecule has 0 spiro atoms. The van der Waals surface area contributed by atoms with E-state index in [4.69, 9.17) is 4.74 Å². The maximum Gasteiger partial charge on any atom is 0.162 e. The van der Waals surface area contributed by atoms with Crippen molar-refractivity contribution in [2.45, 2.75) is 26.5 Å². The fraction of sp³-hybridized carbons (Fsp3) is 0.333. The fourth-order valence-corrected chi connectivity index (χ4v) is 2.61. The van der Waals surface area contributed by atoms with Crippen molar-refractivity contribution in [1.82, 2.24) is 5.32 Å². The first-order chi connectivity index (χ1) is 9.69. The van der Waals surface area contributed by atoms with Crippen molar-refractivity contribution in [2.75, 3.05) is 6.54 Å². The topological polar surface area (TPSA) is 21.3 Å². The minimum absolute atomic E-state index is 0.336. The molecule has 0 aliphatic carbocycles. The summed E-state index contributed by atoms with van der Waals surface area (Å²) in [6.07, 6.45) is 1.11. The molecule has 0 atom stereocenters. The zero-order valence-electron chi connectivity index (χ0n) is 11.3. The van der Waals surface area contributed by atoms with E-state index in [1.165, 1.54) is 10.9 Å². The first kappa shape index (κ1) is 14.9. The Labute approximate surface area is 121 Å². The van der Waals surface area contributed by atoms with Crippen molar-refractivity contribution in [3.63, 3.8) is 0 Å². The Balaban J connectivity index is 1.85. The Morgan fingerprint density at radius 1 is 1.10 bits per heavy atom. The van der Waals surface area contributed by atoms with Gasteiger partial charge < -0.3 is 10.1 Å². The largest absolute Gasteiger partial charge is 0.488 e. The highest BCUT2D eigenvalue weighted by Gasteiger charge is 2.05. The predicted molar refractivity (Wildman–Crippen MR) is 77.0 cm³/mol. The van der Waals surface area contributed by atoms with Gasteiger partial charge in [-0.3, -0.25) is 0 Å². The molecule has 20 heavy (non-hydrogen) atoms. The molecule has 0 saturated carbocycles. The summed E-state index contributed by atoms with van der Waals surface area (Å²) in [4.78, 5) is 2.30. The third-order valence-corrected chi connectivity index (χ3v) is 3.77. The lowest BCUT2D eigenvalue weighted by molar-refractivity contribution is 0.307. The van der Waals surface area contributed by atoms with Gasteiger partial charge in [0, 0.05) is 22.4 Å². The van der Waals surface area contributed by atoms with Gasteiger partial charge in [0.1, 0.15) is 12.4 Å². The van der Waals surface area contributed by atoms with E-state index in [2.05, 4.69) is 18.3 Å². The van der Waals surface area contributed by atoms with Gasteiger partial charge >= 0.3 is 0 Å². The van der Waals surface area contributed by atoms with E-state index < -0.39 is 11.6 Å². The number of ether oxygens (including phenoxy) is 1. The first-order valence-corrected chi connectivity index (χ1v) is 7.37. The normalized spacial score (nSPS) is 10.8. The summed E-state index contributed by atoms with van der Waals surface area (Å²) in [5.41, 5.74) is 0. The van der Waals surface area contributed by atoms with Crippen LogP contribution in [0.4, 0.5) is 8.78 Å². The van der Waals surface area contributed by atoms with Gasteiger partial charge in [-0.05, 0) is 37.2 Å². The van der Waals surface area contributed by atoms with Gasteiger partial charge in [-0.2, -0.15) is 0 Å². The Hall–Kier alpha value is -1.46. The third-order valence-electron chi connectivity index (χ3n) is 2.72. The Bertz CT molecular complexity index is 557. The molecule has 0 radical (unpaired) electrons. The highest BCUT2D eigenvalue weighted by Crippen LogP contribution is 2.20. The zero-order chi connectivity index (χ0) is 14.4. The molecule has 0 unspecified atom stereocenters. The summed E-state index contributed by atoms with van der Waals surface area (Å²) in [6, 6.07) is 7.60. The van der Waals surface area contributed by atoms with Crippen molar-refractivity contribution >= 4 is 11.3 Å². The summed E-state index contributed by atoms with van der Waals surface area (Å²) in [5, 5.41) is 3.33. The number of benzene rings is 1. The van der Waals surface area contributed by atoms with Gasteiger partial charge in [0.05, 0.1) is 0 Å². The maximum absolute atomic E-state index is 13.0. The van der Waals surface area contributed by atoms with Gasteiger partial charge in [-0.15, -0.1) is 11.3 Å².